The number of carbonyl (C=O) groups is 1. The molecule has 0 aliphatic heterocycles. The van der Waals surface area contributed by atoms with Crippen LogP contribution in [-0.2, 0) is 0 Å². The minimum Gasteiger partial charge on any atom is -0.472 e. The number of hydrogen-bond donors (Lipinski definition) is 0. The van der Waals surface area contributed by atoms with Crippen LogP contribution in [0.2, 0.25) is 0 Å². The predicted octanol–water partition coefficient (Wildman–Crippen LogP) is 2.51. The highest BCUT2D eigenvalue weighted by molar-refractivity contribution is 5.99. The molecule has 0 bridgehead atoms. The number of carbonyl (C=O) groups excluding carboxylic acids is 1. The van der Waals surface area contributed by atoms with E-state index in [1.165, 1.54) is 6.26 Å². The molecule has 2 heteroatoms. The van der Waals surface area contributed by atoms with Gasteiger partial charge in [-0.25, -0.2) is 0 Å². The Balaban J connectivity index is 2.14. The van der Waals surface area contributed by atoms with Gasteiger partial charge in [0, 0.05) is 5.92 Å². The maximum absolute atomic E-state index is 11.6. The Morgan fingerprint density at radius 3 is 2.75 bits per heavy atom. The van der Waals surface area contributed by atoms with Gasteiger partial charge in [-0.05, 0) is 17.9 Å². The van der Waals surface area contributed by atoms with Crippen LogP contribution < -0.4 is 0 Å². The van der Waals surface area contributed by atoms with E-state index >= 15 is 0 Å². The minimum absolute atomic E-state index is 0.217. The summed E-state index contributed by atoms with van der Waals surface area (Å²) in [5.41, 5.74) is 0.930. The van der Waals surface area contributed by atoms with Gasteiger partial charge in [0.2, 0.25) is 0 Å². The number of Topliss-reactive ketones (excluding diaryl/α,β-unsaturated/α-hetero) is 1. The average molecular weight is 164 g/mol. The highest BCUT2D eigenvalue weighted by Crippen LogP contribution is 2.53. The molecule has 2 rings (SSSR count). The first kappa shape index (κ1) is 7.59. The van der Waals surface area contributed by atoms with Crippen molar-refractivity contribution in [3.8, 4) is 0 Å². The molecule has 12 heavy (non-hydrogen) atoms. The van der Waals surface area contributed by atoms with Crippen molar-refractivity contribution in [1.29, 1.82) is 0 Å². The van der Waals surface area contributed by atoms with Crippen molar-refractivity contribution in [3.05, 3.63) is 24.2 Å². The second kappa shape index (κ2) is 2.22. The van der Waals surface area contributed by atoms with Crippen molar-refractivity contribution in [2.75, 3.05) is 0 Å². The molecule has 1 atom stereocenters. The molecule has 0 saturated heterocycles. The molecule has 1 saturated carbocycles. The van der Waals surface area contributed by atoms with E-state index in [4.69, 9.17) is 4.42 Å². The summed E-state index contributed by atoms with van der Waals surface area (Å²) in [4.78, 5) is 11.6. The molecule has 1 heterocycles. The van der Waals surface area contributed by atoms with Crippen molar-refractivity contribution in [1.82, 2.24) is 0 Å². The van der Waals surface area contributed by atoms with Crippen LogP contribution in [0, 0.1) is 11.3 Å². The molecule has 0 aromatic carbocycles. The second-order valence-corrected chi connectivity index (χ2v) is 4.12. The number of furan rings is 1. The van der Waals surface area contributed by atoms with Crippen LogP contribution in [0.15, 0.2) is 23.0 Å². The van der Waals surface area contributed by atoms with E-state index in [1.807, 2.05) is 0 Å². The molecular formula is C10H12O2. The van der Waals surface area contributed by atoms with Crippen LogP contribution in [-0.4, -0.2) is 5.78 Å². The van der Waals surface area contributed by atoms with Gasteiger partial charge in [0.15, 0.2) is 5.78 Å². The number of hydrogen-bond acceptors (Lipinski definition) is 2. The van der Waals surface area contributed by atoms with Gasteiger partial charge in [-0.2, -0.15) is 0 Å². The lowest BCUT2D eigenvalue weighted by atomic mass is 10.0. The maximum Gasteiger partial charge on any atom is 0.169 e. The van der Waals surface area contributed by atoms with Gasteiger partial charge < -0.3 is 4.42 Å². The molecule has 1 fully saturated rings. The molecule has 0 radical (unpaired) electrons. The van der Waals surface area contributed by atoms with E-state index in [0.29, 0.717) is 5.56 Å². The SMILES string of the molecule is CC1(C)CC1C(=O)c1ccoc1. The van der Waals surface area contributed by atoms with E-state index in [-0.39, 0.29) is 17.1 Å². The number of rotatable bonds is 2. The lowest BCUT2D eigenvalue weighted by Crippen LogP contribution is -2.04. The first-order chi connectivity index (χ1) is 5.61. The van der Waals surface area contributed by atoms with E-state index in [2.05, 4.69) is 13.8 Å². The zero-order valence-electron chi connectivity index (χ0n) is 7.33. The van der Waals surface area contributed by atoms with Crippen LogP contribution in [0.3, 0.4) is 0 Å². The molecule has 0 amide bonds. The van der Waals surface area contributed by atoms with Crippen LogP contribution >= 0.6 is 0 Å². The Hall–Kier alpha value is -1.05. The summed E-state index contributed by atoms with van der Waals surface area (Å²) >= 11 is 0. The summed E-state index contributed by atoms with van der Waals surface area (Å²) in [6.07, 6.45) is 4.08. The van der Waals surface area contributed by atoms with Gasteiger partial charge >= 0.3 is 0 Å². The highest BCUT2D eigenvalue weighted by atomic mass is 16.3. The highest BCUT2D eigenvalue weighted by Gasteiger charge is 2.50. The van der Waals surface area contributed by atoms with Crippen molar-refractivity contribution >= 4 is 5.78 Å². The standard InChI is InChI=1S/C10H12O2/c1-10(2)5-8(10)9(11)7-3-4-12-6-7/h3-4,6,8H,5H2,1-2H3. The molecule has 1 unspecified atom stereocenters. The predicted molar refractivity (Wildman–Crippen MR) is 44.9 cm³/mol. The molecule has 0 N–H and O–H groups in total. The first-order valence-corrected chi connectivity index (χ1v) is 4.18. The van der Waals surface area contributed by atoms with Crippen molar-refractivity contribution in [2.45, 2.75) is 20.3 Å². The molecule has 1 aromatic heterocycles. The molecule has 64 valence electrons. The molecule has 1 aliphatic rings. The third-order valence-electron chi connectivity index (χ3n) is 2.64. The monoisotopic (exact) mass is 164 g/mol. The van der Waals surface area contributed by atoms with Crippen LogP contribution in [0.1, 0.15) is 30.6 Å². The first-order valence-electron chi connectivity index (χ1n) is 4.18. The summed E-state index contributed by atoms with van der Waals surface area (Å²) in [6.45, 7) is 4.24. The van der Waals surface area contributed by atoms with E-state index in [9.17, 15) is 4.79 Å². The van der Waals surface area contributed by atoms with E-state index in [0.717, 1.165) is 6.42 Å². The van der Waals surface area contributed by atoms with Gasteiger partial charge in [-0.3, -0.25) is 4.79 Å². The largest absolute Gasteiger partial charge is 0.472 e. The van der Waals surface area contributed by atoms with Crippen LogP contribution in [0.4, 0.5) is 0 Å². The average Bonchev–Trinajstić information content (AvgIpc) is 2.56. The lowest BCUT2D eigenvalue weighted by Gasteiger charge is -1.98. The van der Waals surface area contributed by atoms with E-state index < -0.39 is 0 Å². The number of ketones is 1. The Morgan fingerprint density at radius 1 is 1.67 bits per heavy atom. The summed E-state index contributed by atoms with van der Waals surface area (Å²) in [5.74, 6) is 0.448. The normalized spacial score (nSPS) is 25.3. The fourth-order valence-electron chi connectivity index (χ4n) is 1.52. The minimum atomic E-state index is 0.217. The topological polar surface area (TPSA) is 30.2 Å². The van der Waals surface area contributed by atoms with Crippen LogP contribution in [0.25, 0.3) is 0 Å². The Labute approximate surface area is 71.6 Å². The Bertz CT molecular complexity index is 296. The summed E-state index contributed by atoms with van der Waals surface area (Å²) < 4.78 is 4.86. The maximum atomic E-state index is 11.6. The zero-order chi connectivity index (χ0) is 8.77. The fourth-order valence-corrected chi connectivity index (χ4v) is 1.52. The Kier molecular flexibility index (Phi) is 1.40. The third kappa shape index (κ3) is 1.07. The molecule has 0 spiro atoms. The van der Waals surface area contributed by atoms with Gasteiger partial charge in [0.25, 0.3) is 0 Å². The second-order valence-electron chi connectivity index (χ2n) is 4.12. The van der Waals surface area contributed by atoms with Gasteiger partial charge in [0.1, 0.15) is 6.26 Å². The molecule has 1 aromatic rings. The van der Waals surface area contributed by atoms with Crippen molar-refractivity contribution in [2.24, 2.45) is 11.3 Å². The summed E-state index contributed by atoms with van der Waals surface area (Å²) in [5, 5.41) is 0. The molecule has 1 aliphatic carbocycles. The molecule has 2 nitrogen and oxygen atoms in total. The van der Waals surface area contributed by atoms with Gasteiger partial charge in [0.05, 0.1) is 11.8 Å². The summed E-state index contributed by atoms with van der Waals surface area (Å²) in [6, 6.07) is 1.73. The lowest BCUT2D eigenvalue weighted by molar-refractivity contribution is 0.0952. The third-order valence-corrected chi connectivity index (χ3v) is 2.64. The zero-order valence-corrected chi connectivity index (χ0v) is 7.33. The summed E-state index contributed by atoms with van der Waals surface area (Å²) in [7, 11) is 0. The van der Waals surface area contributed by atoms with Crippen LogP contribution in [0.5, 0.6) is 0 Å². The fraction of sp³-hybridized carbons (Fsp3) is 0.500. The molecular weight excluding hydrogens is 152 g/mol. The van der Waals surface area contributed by atoms with Crippen molar-refractivity contribution in [3.63, 3.8) is 0 Å². The quantitative estimate of drug-likeness (QED) is 0.628. The Morgan fingerprint density at radius 2 is 2.33 bits per heavy atom. The van der Waals surface area contributed by atoms with Gasteiger partial charge in [-0.15, -0.1) is 0 Å². The van der Waals surface area contributed by atoms with E-state index in [1.54, 1.807) is 12.3 Å². The van der Waals surface area contributed by atoms with Crippen molar-refractivity contribution < 1.29 is 9.21 Å². The van der Waals surface area contributed by atoms with Gasteiger partial charge in [-0.1, -0.05) is 13.8 Å². The smallest absolute Gasteiger partial charge is 0.169 e.